The summed E-state index contributed by atoms with van der Waals surface area (Å²) in [4.78, 5) is 20.0. The monoisotopic (exact) mass is 351 g/mol. The Labute approximate surface area is 150 Å². The Bertz CT molecular complexity index is 1000. The number of hydrogen-bond acceptors (Lipinski definition) is 2. The van der Waals surface area contributed by atoms with E-state index in [0.29, 0.717) is 5.15 Å². The van der Waals surface area contributed by atoms with Gasteiger partial charge < -0.3 is 10.3 Å². The van der Waals surface area contributed by atoms with Crippen molar-refractivity contribution < 1.29 is 4.79 Å². The minimum Gasteiger partial charge on any atom is -0.345 e. The summed E-state index contributed by atoms with van der Waals surface area (Å²) >= 11 is 5.99. The molecular formula is C20H18ClN3O. The van der Waals surface area contributed by atoms with Crippen LogP contribution >= 0.6 is 11.6 Å². The van der Waals surface area contributed by atoms with E-state index >= 15 is 0 Å². The lowest BCUT2D eigenvalue weighted by Gasteiger charge is -2.34. The maximum atomic E-state index is 12.4. The maximum Gasteiger partial charge on any atom is 0.252 e. The highest BCUT2D eigenvalue weighted by Gasteiger charge is 2.43. The summed E-state index contributed by atoms with van der Waals surface area (Å²) in [6.07, 6.45) is 7.61. The molecule has 5 rings (SSSR count). The van der Waals surface area contributed by atoms with Crippen LogP contribution < -0.4 is 5.32 Å². The first kappa shape index (κ1) is 15.0. The van der Waals surface area contributed by atoms with E-state index < -0.39 is 0 Å². The Morgan fingerprint density at radius 1 is 1.04 bits per heavy atom. The predicted octanol–water partition coefficient (Wildman–Crippen LogP) is 4.79. The van der Waals surface area contributed by atoms with Crippen LogP contribution in [0.25, 0.3) is 22.2 Å². The smallest absolute Gasteiger partial charge is 0.252 e. The molecule has 1 amide bonds. The van der Waals surface area contributed by atoms with Gasteiger partial charge >= 0.3 is 0 Å². The van der Waals surface area contributed by atoms with Crippen LogP contribution in [-0.4, -0.2) is 15.9 Å². The Hall–Kier alpha value is -2.33. The number of amides is 1. The van der Waals surface area contributed by atoms with Gasteiger partial charge in [0.15, 0.2) is 0 Å². The molecule has 5 heteroatoms. The number of benzene rings is 1. The Balaban J connectivity index is 1.67. The molecule has 0 atom stereocenters. The molecule has 0 radical (unpaired) electrons. The van der Waals surface area contributed by atoms with E-state index in [1.807, 2.05) is 30.5 Å². The van der Waals surface area contributed by atoms with Crippen molar-refractivity contribution in [3.05, 3.63) is 52.8 Å². The average Bonchev–Trinajstić information content (AvgIpc) is 3.15. The van der Waals surface area contributed by atoms with Crippen LogP contribution in [-0.2, 0) is 5.54 Å². The van der Waals surface area contributed by atoms with Crippen molar-refractivity contribution in [1.29, 1.82) is 0 Å². The highest BCUT2D eigenvalue weighted by atomic mass is 35.5. The highest BCUT2D eigenvalue weighted by molar-refractivity contribution is 6.29. The van der Waals surface area contributed by atoms with Crippen molar-refractivity contribution in [2.75, 3.05) is 0 Å². The van der Waals surface area contributed by atoms with E-state index in [2.05, 4.69) is 21.4 Å². The predicted molar refractivity (Wildman–Crippen MR) is 98.8 cm³/mol. The Kier molecular flexibility index (Phi) is 3.19. The van der Waals surface area contributed by atoms with E-state index in [-0.39, 0.29) is 11.4 Å². The first-order valence-electron chi connectivity index (χ1n) is 8.77. The lowest BCUT2D eigenvalue weighted by molar-refractivity contribution is 0.0909. The van der Waals surface area contributed by atoms with E-state index in [9.17, 15) is 4.79 Å². The van der Waals surface area contributed by atoms with Gasteiger partial charge in [0.1, 0.15) is 10.8 Å². The van der Waals surface area contributed by atoms with Gasteiger partial charge in [-0.2, -0.15) is 0 Å². The van der Waals surface area contributed by atoms with Gasteiger partial charge in [0.2, 0.25) is 0 Å². The Morgan fingerprint density at radius 3 is 2.72 bits per heavy atom. The van der Waals surface area contributed by atoms with Crippen LogP contribution in [0.4, 0.5) is 0 Å². The molecule has 0 saturated heterocycles. The van der Waals surface area contributed by atoms with Crippen molar-refractivity contribution in [3.8, 4) is 11.1 Å². The number of fused-ring (bicyclic) bond motifs is 3. The average molecular weight is 352 g/mol. The summed E-state index contributed by atoms with van der Waals surface area (Å²) in [7, 11) is 0. The summed E-state index contributed by atoms with van der Waals surface area (Å²) in [5.74, 6) is 0.0656. The first-order chi connectivity index (χ1) is 12.2. The minimum atomic E-state index is -0.172. The molecule has 1 aliphatic carbocycles. The molecule has 4 nitrogen and oxygen atoms in total. The van der Waals surface area contributed by atoms with Crippen LogP contribution in [0, 0.1) is 0 Å². The molecule has 1 saturated carbocycles. The fraction of sp³-hybridized carbons (Fsp3) is 0.300. The lowest BCUT2D eigenvalue weighted by Crippen LogP contribution is -2.40. The number of hydrogen-bond donors (Lipinski definition) is 2. The molecule has 1 aromatic carbocycles. The SMILES string of the molecule is O=C1NC2(CCCCC2)c2cc(-c3c[nH]c4nc(Cl)ccc34)ccc21. The summed E-state index contributed by atoms with van der Waals surface area (Å²) < 4.78 is 0. The van der Waals surface area contributed by atoms with Gasteiger partial charge in [-0.15, -0.1) is 0 Å². The molecule has 3 aromatic rings. The van der Waals surface area contributed by atoms with Gasteiger partial charge in [-0.25, -0.2) is 4.98 Å². The largest absolute Gasteiger partial charge is 0.345 e. The summed E-state index contributed by atoms with van der Waals surface area (Å²) in [5.41, 5.74) is 4.79. The topological polar surface area (TPSA) is 57.8 Å². The van der Waals surface area contributed by atoms with Crippen molar-refractivity contribution in [1.82, 2.24) is 15.3 Å². The lowest BCUT2D eigenvalue weighted by atomic mass is 9.77. The van der Waals surface area contributed by atoms with Crippen LogP contribution in [0.5, 0.6) is 0 Å². The van der Waals surface area contributed by atoms with Gasteiger partial charge in [-0.3, -0.25) is 4.79 Å². The minimum absolute atomic E-state index is 0.0656. The zero-order valence-corrected chi connectivity index (χ0v) is 14.5. The van der Waals surface area contributed by atoms with Gasteiger partial charge in [0.25, 0.3) is 5.91 Å². The van der Waals surface area contributed by atoms with Gasteiger partial charge in [0.05, 0.1) is 5.54 Å². The quantitative estimate of drug-likeness (QED) is 0.619. The van der Waals surface area contributed by atoms with Crippen LogP contribution in [0.2, 0.25) is 5.15 Å². The molecular weight excluding hydrogens is 334 g/mol. The molecule has 25 heavy (non-hydrogen) atoms. The normalized spacial score (nSPS) is 18.5. The second-order valence-electron chi connectivity index (χ2n) is 7.09. The molecule has 3 heterocycles. The molecule has 1 spiro atoms. The molecule has 126 valence electrons. The summed E-state index contributed by atoms with van der Waals surface area (Å²) in [6, 6.07) is 9.98. The number of carbonyl (C=O) groups is 1. The number of halogens is 1. The standard InChI is InChI=1S/C20H18ClN3O/c21-17-7-6-13-15(11-22-18(13)23-17)12-4-5-14-16(10-12)20(24-19(14)25)8-2-1-3-9-20/h4-7,10-11H,1-3,8-9H2,(H,22,23)(H,24,25). The second kappa shape index (κ2) is 5.33. The third kappa shape index (κ3) is 2.20. The number of H-pyrrole nitrogens is 1. The molecule has 2 aliphatic rings. The number of aromatic amines is 1. The van der Waals surface area contributed by atoms with Gasteiger partial charge in [-0.05, 0) is 48.2 Å². The molecule has 0 bridgehead atoms. The zero-order chi connectivity index (χ0) is 17.0. The van der Waals surface area contributed by atoms with E-state index in [0.717, 1.165) is 46.1 Å². The van der Waals surface area contributed by atoms with Crippen molar-refractivity contribution >= 4 is 28.5 Å². The third-order valence-electron chi connectivity index (χ3n) is 5.66. The fourth-order valence-corrected chi connectivity index (χ4v) is 4.57. The van der Waals surface area contributed by atoms with Crippen LogP contribution in [0.15, 0.2) is 36.5 Å². The molecule has 2 aromatic heterocycles. The van der Waals surface area contributed by atoms with Crippen LogP contribution in [0.3, 0.4) is 0 Å². The Morgan fingerprint density at radius 2 is 1.88 bits per heavy atom. The summed E-state index contributed by atoms with van der Waals surface area (Å²) in [5, 5.41) is 4.79. The number of rotatable bonds is 1. The molecule has 1 fully saturated rings. The van der Waals surface area contributed by atoms with Gasteiger partial charge in [-0.1, -0.05) is 36.9 Å². The molecule has 2 N–H and O–H groups in total. The van der Waals surface area contributed by atoms with E-state index in [1.54, 1.807) is 0 Å². The third-order valence-corrected chi connectivity index (χ3v) is 5.87. The summed E-state index contributed by atoms with van der Waals surface area (Å²) in [6.45, 7) is 0. The van der Waals surface area contributed by atoms with Crippen molar-refractivity contribution in [2.45, 2.75) is 37.6 Å². The maximum absolute atomic E-state index is 12.4. The number of pyridine rings is 1. The number of nitrogens with one attached hydrogen (secondary N) is 2. The number of aromatic nitrogens is 2. The highest BCUT2D eigenvalue weighted by Crippen LogP contribution is 2.44. The number of nitrogens with zero attached hydrogens (tertiary/aromatic N) is 1. The van der Waals surface area contributed by atoms with Gasteiger partial charge in [0, 0.05) is 22.7 Å². The molecule has 0 unspecified atom stereocenters. The van der Waals surface area contributed by atoms with Crippen LogP contribution in [0.1, 0.15) is 48.0 Å². The fourth-order valence-electron chi connectivity index (χ4n) is 4.43. The van der Waals surface area contributed by atoms with Crippen molar-refractivity contribution in [3.63, 3.8) is 0 Å². The van der Waals surface area contributed by atoms with E-state index in [4.69, 9.17) is 11.6 Å². The molecule has 1 aliphatic heterocycles. The first-order valence-corrected chi connectivity index (χ1v) is 9.15. The zero-order valence-electron chi connectivity index (χ0n) is 13.7. The van der Waals surface area contributed by atoms with Crippen molar-refractivity contribution in [2.24, 2.45) is 0 Å². The second-order valence-corrected chi connectivity index (χ2v) is 7.48. The number of carbonyl (C=O) groups excluding carboxylic acids is 1. The van der Waals surface area contributed by atoms with E-state index in [1.165, 1.54) is 19.3 Å².